The van der Waals surface area contributed by atoms with Crippen molar-refractivity contribution in [3.63, 3.8) is 0 Å². The molecule has 2 aliphatic rings. The smallest absolute Gasteiger partial charge is 0.250 e. The van der Waals surface area contributed by atoms with Crippen LogP contribution in [0.15, 0.2) is 18.2 Å². The number of halogens is 1. The molecule has 1 aromatic rings. The minimum absolute atomic E-state index is 0.0353. The third-order valence-electron chi connectivity index (χ3n) is 3.25. The molecule has 1 spiro atoms. The van der Waals surface area contributed by atoms with Crippen LogP contribution in [-0.4, -0.2) is 11.4 Å². The van der Waals surface area contributed by atoms with Crippen molar-refractivity contribution in [1.82, 2.24) is 0 Å². The van der Waals surface area contributed by atoms with Crippen LogP contribution in [0, 0.1) is 5.82 Å². The zero-order chi connectivity index (χ0) is 10.5. The zero-order valence-electron chi connectivity index (χ0n) is 8.14. The van der Waals surface area contributed by atoms with Gasteiger partial charge < -0.3 is 10.6 Å². The molecule has 1 fully saturated rings. The molecule has 0 aromatic heterocycles. The van der Waals surface area contributed by atoms with Gasteiger partial charge in [-0.1, -0.05) is 0 Å². The van der Waals surface area contributed by atoms with Gasteiger partial charge in [0, 0.05) is 0 Å². The molecule has 0 bridgehead atoms. The zero-order valence-corrected chi connectivity index (χ0v) is 8.14. The highest BCUT2D eigenvalue weighted by molar-refractivity contribution is 6.06. The highest BCUT2D eigenvalue weighted by Crippen LogP contribution is 2.41. The first-order valence-corrected chi connectivity index (χ1v) is 5.09. The van der Waals surface area contributed by atoms with Gasteiger partial charge in [0.2, 0.25) is 5.91 Å². The molecule has 1 aliphatic heterocycles. The Hall–Kier alpha value is -1.58. The molecule has 3 rings (SSSR count). The average molecular weight is 206 g/mol. The molecule has 4 heteroatoms. The van der Waals surface area contributed by atoms with E-state index in [-0.39, 0.29) is 11.7 Å². The second-order valence-electron chi connectivity index (χ2n) is 4.20. The maximum Gasteiger partial charge on any atom is 0.250 e. The summed E-state index contributed by atoms with van der Waals surface area (Å²) in [5, 5.41) is 5.96. The molecule has 1 aliphatic carbocycles. The Morgan fingerprint density at radius 3 is 2.73 bits per heavy atom. The van der Waals surface area contributed by atoms with Gasteiger partial charge in [0.05, 0.1) is 11.4 Å². The number of hydrogen-bond donors (Lipinski definition) is 2. The molecular weight excluding hydrogens is 195 g/mol. The largest absolute Gasteiger partial charge is 0.370 e. The maximum absolute atomic E-state index is 12.9. The van der Waals surface area contributed by atoms with Crippen molar-refractivity contribution in [3.05, 3.63) is 24.0 Å². The topological polar surface area (TPSA) is 41.1 Å². The van der Waals surface area contributed by atoms with Gasteiger partial charge in [-0.2, -0.15) is 0 Å². The van der Waals surface area contributed by atoms with Gasteiger partial charge >= 0.3 is 0 Å². The molecule has 1 heterocycles. The second-order valence-corrected chi connectivity index (χ2v) is 4.20. The predicted molar refractivity (Wildman–Crippen MR) is 55.2 cm³/mol. The Kier molecular flexibility index (Phi) is 1.58. The minimum atomic E-state index is -0.426. The first-order chi connectivity index (χ1) is 7.20. The first-order valence-electron chi connectivity index (χ1n) is 5.09. The molecule has 0 saturated heterocycles. The van der Waals surface area contributed by atoms with Crippen LogP contribution < -0.4 is 10.6 Å². The van der Waals surface area contributed by atoms with Crippen LogP contribution in [-0.2, 0) is 4.79 Å². The normalized spacial score (nSPS) is 21.3. The monoisotopic (exact) mass is 206 g/mol. The number of rotatable bonds is 0. The van der Waals surface area contributed by atoms with E-state index in [0.29, 0.717) is 5.69 Å². The Morgan fingerprint density at radius 1 is 1.27 bits per heavy atom. The number of carbonyl (C=O) groups is 1. The Balaban J connectivity index is 2.02. The van der Waals surface area contributed by atoms with Gasteiger partial charge in [0.15, 0.2) is 0 Å². The van der Waals surface area contributed by atoms with Gasteiger partial charge in [-0.3, -0.25) is 4.79 Å². The van der Waals surface area contributed by atoms with E-state index in [0.717, 1.165) is 24.9 Å². The summed E-state index contributed by atoms with van der Waals surface area (Å²) in [4.78, 5) is 11.8. The molecule has 15 heavy (non-hydrogen) atoms. The van der Waals surface area contributed by atoms with E-state index < -0.39 is 5.54 Å². The van der Waals surface area contributed by atoms with Crippen molar-refractivity contribution in [3.8, 4) is 0 Å². The SMILES string of the molecule is O=C1Nc2cc(F)ccc2NC12CCC2. The second kappa shape index (κ2) is 2.72. The predicted octanol–water partition coefficient (Wildman–Crippen LogP) is 2.11. The van der Waals surface area contributed by atoms with Crippen LogP contribution in [0.2, 0.25) is 0 Å². The van der Waals surface area contributed by atoms with E-state index in [1.54, 1.807) is 6.07 Å². The number of nitrogens with one attached hydrogen (secondary N) is 2. The fourth-order valence-corrected chi connectivity index (χ4v) is 2.17. The molecule has 0 radical (unpaired) electrons. The fourth-order valence-electron chi connectivity index (χ4n) is 2.17. The molecule has 2 N–H and O–H groups in total. The highest BCUT2D eigenvalue weighted by Gasteiger charge is 2.46. The summed E-state index contributed by atoms with van der Waals surface area (Å²) in [6, 6.07) is 4.41. The van der Waals surface area contributed by atoms with Crippen molar-refractivity contribution in [2.75, 3.05) is 10.6 Å². The molecule has 1 amide bonds. The lowest BCUT2D eigenvalue weighted by Crippen LogP contribution is -2.57. The van der Waals surface area contributed by atoms with E-state index in [9.17, 15) is 9.18 Å². The molecule has 0 atom stereocenters. The number of anilines is 2. The van der Waals surface area contributed by atoms with Gasteiger partial charge in [-0.05, 0) is 37.5 Å². The Morgan fingerprint density at radius 2 is 2.07 bits per heavy atom. The maximum atomic E-state index is 12.9. The van der Waals surface area contributed by atoms with Gasteiger partial charge in [-0.15, -0.1) is 0 Å². The number of benzene rings is 1. The van der Waals surface area contributed by atoms with Crippen LogP contribution in [0.5, 0.6) is 0 Å². The summed E-state index contributed by atoms with van der Waals surface area (Å²) in [6.07, 6.45) is 2.78. The Labute approximate surface area is 86.7 Å². The summed E-state index contributed by atoms with van der Waals surface area (Å²) < 4.78 is 12.9. The third kappa shape index (κ3) is 1.14. The van der Waals surface area contributed by atoms with E-state index in [1.807, 2.05) is 0 Å². The molecule has 1 saturated carbocycles. The lowest BCUT2D eigenvalue weighted by atomic mass is 9.74. The lowest BCUT2D eigenvalue weighted by Gasteiger charge is -2.44. The molecule has 3 nitrogen and oxygen atoms in total. The molecule has 1 aromatic carbocycles. The molecule has 0 unspecified atom stereocenters. The quantitative estimate of drug-likeness (QED) is 0.682. The van der Waals surface area contributed by atoms with Crippen LogP contribution in [0.3, 0.4) is 0 Å². The van der Waals surface area contributed by atoms with Crippen LogP contribution in [0.25, 0.3) is 0 Å². The summed E-state index contributed by atoms with van der Waals surface area (Å²) >= 11 is 0. The van der Waals surface area contributed by atoms with Gasteiger partial charge in [-0.25, -0.2) is 4.39 Å². The molecular formula is C11H11FN2O. The lowest BCUT2D eigenvalue weighted by molar-refractivity contribution is -0.123. The molecule has 78 valence electrons. The van der Waals surface area contributed by atoms with Crippen molar-refractivity contribution >= 4 is 17.3 Å². The first kappa shape index (κ1) is 8.71. The van der Waals surface area contributed by atoms with Crippen molar-refractivity contribution in [1.29, 1.82) is 0 Å². The average Bonchev–Trinajstić information content (AvgIpc) is 2.14. The minimum Gasteiger partial charge on any atom is -0.370 e. The fraction of sp³-hybridized carbons (Fsp3) is 0.364. The number of amides is 1. The standard InChI is InChI=1S/C11H11FN2O/c12-7-2-3-8-9(6-7)13-10(15)11(14-8)4-1-5-11/h2-3,6,14H,1,4-5H2,(H,13,15). The number of hydrogen-bond acceptors (Lipinski definition) is 2. The van der Waals surface area contributed by atoms with Crippen molar-refractivity contribution < 1.29 is 9.18 Å². The Bertz CT molecular complexity index is 440. The van der Waals surface area contributed by atoms with E-state index in [1.165, 1.54) is 12.1 Å². The summed E-state index contributed by atoms with van der Waals surface area (Å²) in [6.45, 7) is 0. The van der Waals surface area contributed by atoms with Crippen LogP contribution in [0.1, 0.15) is 19.3 Å². The third-order valence-corrected chi connectivity index (χ3v) is 3.25. The van der Waals surface area contributed by atoms with E-state index in [4.69, 9.17) is 0 Å². The highest BCUT2D eigenvalue weighted by atomic mass is 19.1. The van der Waals surface area contributed by atoms with E-state index in [2.05, 4.69) is 10.6 Å². The van der Waals surface area contributed by atoms with E-state index >= 15 is 0 Å². The van der Waals surface area contributed by atoms with Gasteiger partial charge in [0.1, 0.15) is 11.4 Å². The summed E-state index contributed by atoms with van der Waals surface area (Å²) in [5.74, 6) is -0.368. The van der Waals surface area contributed by atoms with Crippen molar-refractivity contribution in [2.45, 2.75) is 24.8 Å². The summed E-state index contributed by atoms with van der Waals surface area (Å²) in [5.41, 5.74) is 0.929. The van der Waals surface area contributed by atoms with Crippen LogP contribution in [0.4, 0.5) is 15.8 Å². The number of carbonyl (C=O) groups excluding carboxylic acids is 1. The van der Waals surface area contributed by atoms with Crippen molar-refractivity contribution in [2.24, 2.45) is 0 Å². The van der Waals surface area contributed by atoms with Crippen LogP contribution >= 0.6 is 0 Å². The van der Waals surface area contributed by atoms with Gasteiger partial charge in [0.25, 0.3) is 0 Å². The summed E-state index contributed by atoms with van der Waals surface area (Å²) in [7, 11) is 0. The number of fused-ring (bicyclic) bond motifs is 1.